The molecule has 0 aliphatic carbocycles. The zero-order valence-electron chi connectivity index (χ0n) is 12.8. The van der Waals surface area contributed by atoms with E-state index in [2.05, 4.69) is 4.98 Å². The van der Waals surface area contributed by atoms with Crippen LogP contribution in [-0.4, -0.2) is 41.4 Å². The predicted molar refractivity (Wildman–Crippen MR) is 84.5 cm³/mol. The molecule has 0 saturated carbocycles. The molecule has 3 rings (SSSR count). The second kappa shape index (κ2) is 6.03. The van der Waals surface area contributed by atoms with Gasteiger partial charge in [-0.25, -0.2) is 17.8 Å². The quantitative estimate of drug-likeness (QED) is 0.895. The minimum Gasteiger partial charge on any atom is -0.340 e. The maximum absolute atomic E-state index is 13.7. The number of halogens is 1. The van der Waals surface area contributed by atoms with Crippen molar-refractivity contribution in [2.24, 2.45) is 12.8 Å². The number of nitrogens with zero attached hydrogens (tertiary/aromatic N) is 3. The Morgan fingerprint density at radius 1 is 1.35 bits per heavy atom. The van der Waals surface area contributed by atoms with Crippen LogP contribution in [0.25, 0.3) is 0 Å². The maximum Gasteiger partial charge on any atom is 0.218 e. The number of hydrogen-bond donors (Lipinski definition) is 1. The lowest BCUT2D eigenvalue weighted by molar-refractivity contribution is 0.467. The first-order valence-corrected chi connectivity index (χ1v) is 8.92. The molecule has 2 atom stereocenters. The van der Waals surface area contributed by atoms with Crippen LogP contribution < -0.4 is 5.73 Å². The van der Waals surface area contributed by atoms with Gasteiger partial charge in [-0.15, -0.1) is 0 Å². The highest BCUT2D eigenvalue weighted by Crippen LogP contribution is 2.28. The number of sulfonamides is 1. The Balaban J connectivity index is 1.78. The van der Waals surface area contributed by atoms with Crippen molar-refractivity contribution in [1.82, 2.24) is 13.9 Å². The summed E-state index contributed by atoms with van der Waals surface area (Å²) in [4.78, 5) is 4.26. The van der Waals surface area contributed by atoms with Crippen LogP contribution >= 0.6 is 0 Å². The molecule has 0 unspecified atom stereocenters. The van der Waals surface area contributed by atoms with E-state index in [-0.39, 0.29) is 36.4 Å². The smallest absolute Gasteiger partial charge is 0.218 e. The Hall–Kier alpha value is -1.77. The minimum atomic E-state index is -3.62. The Bertz CT molecular complexity index is 805. The van der Waals surface area contributed by atoms with Gasteiger partial charge in [-0.2, -0.15) is 4.31 Å². The number of benzene rings is 1. The zero-order valence-corrected chi connectivity index (χ0v) is 13.6. The van der Waals surface area contributed by atoms with Gasteiger partial charge < -0.3 is 10.3 Å². The summed E-state index contributed by atoms with van der Waals surface area (Å²) in [6.45, 7) is 0.493. The second-order valence-corrected chi connectivity index (χ2v) is 7.87. The normalized spacial score (nSPS) is 22.6. The number of nitrogens with two attached hydrogens (primary N) is 1. The van der Waals surface area contributed by atoms with Gasteiger partial charge in [-0.1, -0.05) is 18.2 Å². The monoisotopic (exact) mass is 338 g/mol. The van der Waals surface area contributed by atoms with Crippen molar-refractivity contribution < 1.29 is 12.8 Å². The van der Waals surface area contributed by atoms with Crippen LogP contribution in [0.15, 0.2) is 36.8 Å². The predicted octanol–water partition coefficient (Wildman–Crippen LogP) is 0.816. The SMILES string of the molecule is Cn1cnc([C@@H]2CN(S(=O)(=O)Cc3ccccc3F)C[C@H]2N)c1. The average Bonchev–Trinajstić information content (AvgIpc) is 3.07. The van der Waals surface area contributed by atoms with Gasteiger partial charge in [0.1, 0.15) is 5.82 Å². The molecule has 8 heteroatoms. The molecule has 0 spiro atoms. The van der Waals surface area contributed by atoms with Crippen LogP contribution in [0, 0.1) is 5.82 Å². The number of imidazole rings is 1. The van der Waals surface area contributed by atoms with Gasteiger partial charge in [0.15, 0.2) is 0 Å². The first-order chi connectivity index (χ1) is 10.9. The van der Waals surface area contributed by atoms with Crippen molar-refractivity contribution in [1.29, 1.82) is 0 Å². The van der Waals surface area contributed by atoms with Gasteiger partial charge >= 0.3 is 0 Å². The van der Waals surface area contributed by atoms with Crippen LogP contribution in [-0.2, 0) is 22.8 Å². The van der Waals surface area contributed by atoms with Crippen LogP contribution in [0.2, 0.25) is 0 Å². The summed E-state index contributed by atoms with van der Waals surface area (Å²) in [5, 5.41) is 0. The van der Waals surface area contributed by atoms with E-state index in [1.165, 1.54) is 22.5 Å². The van der Waals surface area contributed by atoms with E-state index < -0.39 is 15.8 Å². The first kappa shape index (κ1) is 16.1. The highest BCUT2D eigenvalue weighted by atomic mass is 32.2. The van der Waals surface area contributed by atoms with Gasteiger partial charge in [0.2, 0.25) is 10.0 Å². The van der Waals surface area contributed by atoms with Crippen molar-refractivity contribution in [3.63, 3.8) is 0 Å². The summed E-state index contributed by atoms with van der Waals surface area (Å²) in [6, 6.07) is 5.59. The molecule has 2 aromatic rings. The molecule has 0 amide bonds. The molecule has 6 nitrogen and oxygen atoms in total. The van der Waals surface area contributed by atoms with Crippen LogP contribution in [0.1, 0.15) is 17.2 Å². The van der Waals surface area contributed by atoms with Gasteiger partial charge in [-0.3, -0.25) is 0 Å². The Labute approximate surface area is 134 Å². The van der Waals surface area contributed by atoms with E-state index in [0.29, 0.717) is 0 Å². The Morgan fingerprint density at radius 2 is 2.09 bits per heavy atom. The lowest BCUT2D eigenvalue weighted by Gasteiger charge is -2.16. The second-order valence-electron chi connectivity index (χ2n) is 5.90. The van der Waals surface area contributed by atoms with E-state index in [9.17, 15) is 12.8 Å². The molecule has 0 bridgehead atoms. The van der Waals surface area contributed by atoms with E-state index >= 15 is 0 Å². The molecule has 1 aromatic carbocycles. The summed E-state index contributed by atoms with van der Waals surface area (Å²) in [5.41, 5.74) is 7.05. The molecular formula is C15H19FN4O2S. The van der Waals surface area contributed by atoms with E-state index in [1.807, 2.05) is 13.2 Å². The molecule has 1 aliphatic heterocycles. The molecule has 1 saturated heterocycles. The molecule has 2 N–H and O–H groups in total. The topological polar surface area (TPSA) is 81.2 Å². The van der Waals surface area contributed by atoms with E-state index in [0.717, 1.165) is 5.69 Å². The Morgan fingerprint density at radius 3 is 2.74 bits per heavy atom. The lowest BCUT2D eigenvalue weighted by Crippen LogP contribution is -2.33. The van der Waals surface area contributed by atoms with Gasteiger partial charge in [0.25, 0.3) is 0 Å². The first-order valence-electron chi connectivity index (χ1n) is 7.31. The molecule has 124 valence electrons. The fourth-order valence-electron chi connectivity index (χ4n) is 2.86. The van der Waals surface area contributed by atoms with E-state index in [1.54, 1.807) is 17.0 Å². The largest absolute Gasteiger partial charge is 0.340 e. The lowest BCUT2D eigenvalue weighted by atomic mass is 10.0. The molecule has 1 aromatic heterocycles. The molecule has 0 radical (unpaired) electrons. The number of rotatable bonds is 4. The third-order valence-electron chi connectivity index (χ3n) is 4.13. The van der Waals surface area contributed by atoms with Gasteiger partial charge in [0.05, 0.1) is 17.8 Å². The molecule has 2 heterocycles. The summed E-state index contributed by atoms with van der Waals surface area (Å²) in [5.74, 6) is -1.02. The van der Waals surface area contributed by atoms with Crippen molar-refractivity contribution in [2.45, 2.75) is 17.7 Å². The van der Waals surface area contributed by atoms with Crippen LogP contribution in [0.4, 0.5) is 4.39 Å². The zero-order chi connectivity index (χ0) is 16.6. The number of hydrogen-bond acceptors (Lipinski definition) is 4. The number of aromatic nitrogens is 2. The van der Waals surface area contributed by atoms with Gasteiger partial charge in [-0.05, 0) is 6.07 Å². The molecule has 1 aliphatic rings. The fourth-order valence-corrected chi connectivity index (χ4v) is 4.46. The van der Waals surface area contributed by atoms with E-state index in [4.69, 9.17) is 5.73 Å². The molecular weight excluding hydrogens is 319 g/mol. The Kier molecular flexibility index (Phi) is 4.22. The summed E-state index contributed by atoms with van der Waals surface area (Å²) < 4.78 is 42.0. The standard InChI is InChI=1S/C15H19FN4O2S/c1-19-8-15(18-10-19)12-6-20(7-14(12)17)23(21,22)9-11-4-2-3-5-13(11)16/h2-5,8,10,12,14H,6-7,9,17H2,1H3/t12-,14-/m1/s1. The summed E-state index contributed by atoms with van der Waals surface area (Å²) >= 11 is 0. The molecule has 1 fully saturated rings. The highest BCUT2D eigenvalue weighted by molar-refractivity contribution is 7.88. The van der Waals surface area contributed by atoms with Crippen molar-refractivity contribution in [3.05, 3.63) is 53.9 Å². The maximum atomic E-state index is 13.7. The van der Waals surface area contributed by atoms with Crippen molar-refractivity contribution >= 4 is 10.0 Å². The van der Waals surface area contributed by atoms with Crippen LogP contribution in [0.3, 0.4) is 0 Å². The average molecular weight is 338 g/mol. The van der Waals surface area contributed by atoms with Crippen LogP contribution in [0.5, 0.6) is 0 Å². The summed E-state index contributed by atoms with van der Waals surface area (Å²) in [6.07, 6.45) is 3.51. The van der Waals surface area contributed by atoms with Crippen molar-refractivity contribution in [2.75, 3.05) is 13.1 Å². The van der Waals surface area contributed by atoms with Gasteiger partial charge in [0, 0.05) is 43.9 Å². The molecule has 23 heavy (non-hydrogen) atoms. The van der Waals surface area contributed by atoms with Crippen molar-refractivity contribution in [3.8, 4) is 0 Å². The fraction of sp³-hybridized carbons (Fsp3) is 0.400. The number of aryl methyl sites for hydroxylation is 1. The third-order valence-corrected chi connectivity index (χ3v) is 5.89. The summed E-state index contributed by atoms with van der Waals surface area (Å²) in [7, 11) is -1.77. The third kappa shape index (κ3) is 3.29. The minimum absolute atomic E-state index is 0.147. The highest BCUT2D eigenvalue weighted by Gasteiger charge is 2.38.